The quantitative estimate of drug-likeness (QED) is 0.870. The molecule has 1 fully saturated rings. The molecular weight excluding hydrogens is 266 g/mol. The van der Waals surface area contributed by atoms with Gasteiger partial charge in [-0.3, -0.25) is 4.79 Å². The predicted octanol–water partition coefficient (Wildman–Crippen LogP) is 2.05. The van der Waals surface area contributed by atoms with Gasteiger partial charge in [-0.2, -0.15) is 8.78 Å². The third-order valence-electron chi connectivity index (χ3n) is 3.27. The van der Waals surface area contributed by atoms with E-state index in [-0.39, 0.29) is 24.2 Å². The van der Waals surface area contributed by atoms with Gasteiger partial charge in [0, 0.05) is 12.1 Å². The first kappa shape index (κ1) is 14.7. The molecule has 6 heteroatoms. The normalized spacial score (nSPS) is 18.9. The first-order valence-corrected chi connectivity index (χ1v) is 6.70. The summed E-state index contributed by atoms with van der Waals surface area (Å²) in [4.78, 5) is 11.9. The minimum Gasteiger partial charge on any atom is -0.434 e. The average molecular weight is 284 g/mol. The van der Waals surface area contributed by atoms with Crippen LogP contribution in [0.25, 0.3) is 0 Å². The maximum absolute atomic E-state index is 12.3. The molecule has 1 aliphatic heterocycles. The first-order valence-electron chi connectivity index (χ1n) is 6.70. The van der Waals surface area contributed by atoms with Crippen LogP contribution in [0.2, 0.25) is 0 Å². The van der Waals surface area contributed by atoms with E-state index in [1.807, 2.05) is 0 Å². The summed E-state index contributed by atoms with van der Waals surface area (Å²) in [6.07, 6.45) is 2.91. The highest BCUT2D eigenvalue weighted by Crippen LogP contribution is 2.20. The number of carbonyl (C=O) groups is 1. The van der Waals surface area contributed by atoms with Crippen LogP contribution in [-0.4, -0.2) is 25.1 Å². The van der Waals surface area contributed by atoms with Crippen molar-refractivity contribution < 1.29 is 18.3 Å². The van der Waals surface area contributed by atoms with E-state index in [1.54, 1.807) is 18.2 Å². The highest BCUT2D eigenvalue weighted by atomic mass is 19.3. The minimum absolute atomic E-state index is 0.0967. The Morgan fingerprint density at radius 3 is 2.90 bits per heavy atom. The Morgan fingerprint density at radius 1 is 1.40 bits per heavy atom. The van der Waals surface area contributed by atoms with Crippen LogP contribution >= 0.6 is 0 Å². The van der Waals surface area contributed by atoms with Crippen LogP contribution in [0.4, 0.5) is 8.78 Å². The molecule has 0 saturated carbocycles. The Kier molecular flexibility index (Phi) is 5.29. The lowest BCUT2D eigenvalue weighted by molar-refractivity contribution is -0.123. The SMILES string of the molecule is O=C(NCc1ccccc1OC(F)F)[C@H]1CCCCN1. The maximum atomic E-state index is 12.3. The standard InChI is InChI=1S/C14H18F2N2O2/c15-14(16)20-12-7-2-1-5-10(12)9-18-13(19)11-6-3-4-8-17-11/h1-2,5,7,11,14,17H,3-4,6,8-9H2,(H,18,19)/t11-/m1/s1. The van der Waals surface area contributed by atoms with Crippen molar-refractivity contribution in [1.82, 2.24) is 10.6 Å². The number of alkyl halides is 2. The van der Waals surface area contributed by atoms with Gasteiger partial charge in [-0.05, 0) is 25.5 Å². The molecule has 1 aliphatic rings. The summed E-state index contributed by atoms with van der Waals surface area (Å²) in [6, 6.07) is 6.27. The number of rotatable bonds is 5. The summed E-state index contributed by atoms with van der Waals surface area (Å²) in [7, 11) is 0. The summed E-state index contributed by atoms with van der Waals surface area (Å²) in [5, 5.41) is 5.89. The maximum Gasteiger partial charge on any atom is 0.387 e. The molecule has 0 unspecified atom stereocenters. The van der Waals surface area contributed by atoms with Crippen molar-refractivity contribution >= 4 is 5.91 Å². The molecule has 1 heterocycles. The third kappa shape index (κ3) is 4.16. The van der Waals surface area contributed by atoms with Gasteiger partial charge in [-0.25, -0.2) is 0 Å². The summed E-state index contributed by atoms with van der Waals surface area (Å²) in [5.41, 5.74) is 0.539. The van der Waals surface area contributed by atoms with Crippen LogP contribution in [0, 0.1) is 0 Å². The number of benzene rings is 1. The molecule has 1 amide bonds. The number of carbonyl (C=O) groups excluding carboxylic acids is 1. The number of ether oxygens (including phenoxy) is 1. The van der Waals surface area contributed by atoms with Crippen LogP contribution in [0.1, 0.15) is 24.8 Å². The predicted molar refractivity (Wildman–Crippen MR) is 70.6 cm³/mol. The molecule has 0 aliphatic carbocycles. The first-order chi connectivity index (χ1) is 9.66. The molecule has 2 N–H and O–H groups in total. The second kappa shape index (κ2) is 7.19. The molecule has 110 valence electrons. The van der Waals surface area contributed by atoms with Crippen molar-refractivity contribution in [3.05, 3.63) is 29.8 Å². The van der Waals surface area contributed by atoms with Gasteiger partial charge in [0.2, 0.25) is 5.91 Å². The third-order valence-corrected chi connectivity index (χ3v) is 3.27. The van der Waals surface area contributed by atoms with Gasteiger partial charge < -0.3 is 15.4 Å². The largest absolute Gasteiger partial charge is 0.434 e. The van der Waals surface area contributed by atoms with Crippen molar-refractivity contribution in [3.8, 4) is 5.75 Å². The molecule has 0 spiro atoms. The number of amides is 1. The Labute approximate surface area is 116 Å². The van der Waals surface area contributed by atoms with E-state index >= 15 is 0 Å². The molecule has 1 aromatic carbocycles. The highest BCUT2D eigenvalue weighted by molar-refractivity contribution is 5.81. The molecule has 20 heavy (non-hydrogen) atoms. The van der Waals surface area contributed by atoms with Crippen LogP contribution in [0.5, 0.6) is 5.75 Å². The van der Waals surface area contributed by atoms with E-state index in [2.05, 4.69) is 15.4 Å². The Balaban J connectivity index is 1.91. The smallest absolute Gasteiger partial charge is 0.387 e. The Hall–Kier alpha value is -1.69. The van der Waals surface area contributed by atoms with Crippen molar-refractivity contribution in [2.75, 3.05) is 6.54 Å². The van der Waals surface area contributed by atoms with Gasteiger partial charge in [0.05, 0.1) is 6.04 Å². The summed E-state index contributed by atoms with van der Waals surface area (Å²) >= 11 is 0. The summed E-state index contributed by atoms with van der Waals surface area (Å²) in [6.45, 7) is -1.85. The molecule has 1 saturated heterocycles. The Morgan fingerprint density at radius 2 is 2.20 bits per heavy atom. The zero-order valence-corrected chi connectivity index (χ0v) is 11.1. The van der Waals surface area contributed by atoms with Crippen LogP contribution in [0.15, 0.2) is 24.3 Å². The zero-order chi connectivity index (χ0) is 14.4. The van der Waals surface area contributed by atoms with Gasteiger partial charge in [0.15, 0.2) is 0 Å². The van der Waals surface area contributed by atoms with Gasteiger partial charge >= 0.3 is 6.61 Å². The van der Waals surface area contributed by atoms with E-state index < -0.39 is 6.61 Å². The average Bonchev–Trinajstić information content (AvgIpc) is 2.46. The highest BCUT2D eigenvalue weighted by Gasteiger charge is 2.20. The molecule has 0 radical (unpaired) electrons. The van der Waals surface area contributed by atoms with E-state index in [0.29, 0.717) is 5.56 Å². The molecule has 1 atom stereocenters. The second-order valence-electron chi connectivity index (χ2n) is 4.71. The number of nitrogens with one attached hydrogen (secondary N) is 2. The van der Waals surface area contributed by atoms with E-state index in [4.69, 9.17) is 0 Å². The molecule has 1 aromatic rings. The van der Waals surface area contributed by atoms with Crippen molar-refractivity contribution in [2.24, 2.45) is 0 Å². The fraction of sp³-hybridized carbons (Fsp3) is 0.500. The van der Waals surface area contributed by atoms with E-state index in [9.17, 15) is 13.6 Å². The number of piperidine rings is 1. The van der Waals surface area contributed by atoms with Crippen molar-refractivity contribution in [3.63, 3.8) is 0 Å². The number of halogens is 2. The van der Waals surface area contributed by atoms with Crippen LogP contribution in [-0.2, 0) is 11.3 Å². The topological polar surface area (TPSA) is 50.4 Å². The molecule has 4 nitrogen and oxygen atoms in total. The molecule has 2 rings (SSSR count). The second-order valence-corrected chi connectivity index (χ2v) is 4.71. The molecular formula is C14H18F2N2O2. The molecule has 0 aromatic heterocycles. The monoisotopic (exact) mass is 284 g/mol. The lowest BCUT2D eigenvalue weighted by atomic mass is 10.0. The molecule has 0 bridgehead atoms. The Bertz CT molecular complexity index is 449. The summed E-state index contributed by atoms with van der Waals surface area (Å²) < 4.78 is 29.0. The fourth-order valence-corrected chi connectivity index (χ4v) is 2.24. The number of hydrogen-bond donors (Lipinski definition) is 2. The van der Waals surface area contributed by atoms with Crippen molar-refractivity contribution in [1.29, 1.82) is 0 Å². The zero-order valence-electron chi connectivity index (χ0n) is 11.1. The lowest BCUT2D eigenvalue weighted by Crippen LogP contribution is -2.46. The van der Waals surface area contributed by atoms with Gasteiger partial charge in [-0.1, -0.05) is 24.6 Å². The van der Waals surface area contributed by atoms with E-state index in [0.717, 1.165) is 25.8 Å². The van der Waals surface area contributed by atoms with Gasteiger partial charge in [-0.15, -0.1) is 0 Å². The number of hydrogen-bond acceptors (Lipinski definition) is 3. The van der Waals surface area contributed by atoms with Gasteiger partial charge in [0.25, 0.3) is 0 Å². The summed E-state index contributed by atoms with van der Waals surface area (Å²) in [5.74, 6) is -0.00375. The minimum atomic E-state index is -2.87. The number of para-hydroxylation sites is 1. The van der Waals surface area contributed by atoms with Crippen LogP contribution < -0.4 is 15.4 Å². The lowest BCUT2D eigenvalue weighted by Gasteiger charge is -2.22. The fourth-order valence-electron chi connectivity index (χ4n) is 2.24. The van der Waals surface area contributed by atoms with Gasteiger partial charge in [0.1, 0.15) is 5.75 Å². The van der Waals surface area contributed by atoms with Crippen molar-refractivity contribution in [2.45, 2.75) is 38.5 Å². The van der Waals surface area contributed by atoms with Crippen LogP contribution in [0.3, 0.4) is 0 Å². The van der Waals surface area contributed by atoms with E-state index in [1.165, 1.54) is 6.07 Å².